The monoisotopic (exact) mass is 249 g/mol. The van der Waals surface area contributed by atoms with Crippen LogP contribution in [0.2, 0.25) is 0 Å². The van der Waals surface area contributed by atoms with Crippen molar-refractivity contribution in [3.63, 3.8) is 0 Å². The maximum absolute atomic E-state index is 11.6. The van der Waals surface area contributed by atoms with Gasteiger partial charge in [0.1, 0.15) is 12.0 Å². The van der Waals surface area contributed by atoms with Gasteiger partial charge >= 0.3 is 5.97 Å². The minimum Gasteiger partial charge on any atom is -0.461 e. The van der Waals surface area contributed by atoms with Crippen molar-refractivity contribution in [2.45, 2.75) is 6.92 Å². The van der Waals surface area contributed by atoms with Gasteiger partial charge in [0.25, 0.3) is 0 Å². The molecular formula is C12H15N3O3. The lowest BCUT2D eigenvalue weighted by Crippen LogP contribution is -2.24. The lowest BCUT2D eigenvalue weighted by atomic mass is 10.3. The van der Waals surface area contributed by atoms with E-state index in [0.717, 1.165) is 5.69 Å². The van der Waals surface area contributed by atoms with E-state index in [9.17, 15) is 4.79 Å². The number of ether oxygens (including phenoxy) is 2. The smallest absolute Gasteiger partial charge is 0.358 e. The van der Waals surface area contributed by atoms with Gasteiger partial charge in [0.15, 0.2) is 11.5 Å². The molecule has 0 amide bonds. The van der Waals surface area contributed by atoms with E-state index in [-0.39, 0.29) is 0 Å². The third-order valence-electron chi connectivity index (χ3n) is 2.55. The molecule has 0 aliphatic carbocycles. The topological polar surface area (TPSA) is 56.6 Å². The molecule has 0 bridgehead atoms. The second-order valence-corrected chi connectivity index (χ2v) is 3.79. The maximum atomic E-state index is 11.6. The van der Waals surface area contributed by atoms with Gasteiger partial charge in [-0.1, -0.05) is 0 Å². The van der Waals surface area contributed by atoms with Crippen molar-refractivity contribution in [1.29, 1.82) is 0 Å². The predicted octanol–water partition coefficient (Wildman–Crippen LogP) is 1.08. The van der Waals surface area contributed by atoms with Gasteiger partial charge < -0.3 is 14.4 Å². The van der Waals surface area contributed by atoms with Gasteiger partial charge in [-0.25, -0.2) is 4.79 Å². The molecule has 6 heteroatoms. The van der Waals surface area contributed by atoms with Crippen molar-refractivity contribution in [3.8, 4) is 0 Å². The van der Waals surface area contributed by atoms with E-state index in [4.69, 9.17) is 9.47 Å². The van der Waals surface area contributed by atoms with Crippen LogP contribution in [0.25, 0.3) is 5.76 Å². The molecule has 0 saturated heterocycles. The molecular weight excluding hydrogens is 234 g/mol. The highest BCUT2D eigenvalue weighted by atomic mass is 16.5. The first kappa shape index (κ1) is 12.2. The third-order valence-corrected chi connectivity index (χ3v) is 2.55. The summed E-state index contributed by atoms with van der Waals surface area (Å²) in [5, 5.41) is 4.07. The van der Waals surface area contributed by atoms with Crippen LogP contribution < -0.4 is 0 Å². The summed E-state index contributed by atoms with van der Waals surface area (Å²) >= 11 is 0. The Kier molecular flexibility index (Phi) is 3.36. The number of carbonyl (C=O) groups is 1. The summed E-state index contributed by atoms with van der Waals surface area (Å²) in [6.07, 6.45) is 4.80. The number of carbonyl (C=O) groups excluding carboxylic acids is 1. The highest BCUT2D eigenvalue weighted by Gasteiger charge is 2.21. The summed E-state index contributed by atoms with van der Waals surface area (Å²) in [5.41, 5.74) is 1.20. The first-order chi connectivity index (χ1) is 8.63. The number of hydrogen-bond acceptors (Lipinski definition) is 5. The van der Waals surface area contributed by atoms with Gasteiger partial charge in [-0.2, -0.15) is 5.10 Å². The molecule has 0 radical (unpaired) electrons. The zero-order chi connectivity index (χ0) is 13.1. The Labute approximate surface area is 105 Å². The molecule has 0 fully saturated rings. The minimum absolute atomic E-state index is 0.336. The molecule has 0 saturated carbocycles. The van der Waals surface area contributed by atoms with Gasteiger partial charge in [0, 0.05) is 26.5 Å². The van der Waals surface area contributed by atoms with Crippen molar-refractivity contribution in [3.05, 3.63) is 36.1 Å². The molecule has 0 N–H and O–H groups in total. The van der Waals surface area contributed by atoms with Crippen LogP contribution in [-0.2, 0) is 21.3 Å². The lowest BCUT2D eigenvalue weighted by Gasteiger charge is -2.22. The molecule has 2 rings (SSSR count). The molecule has 0 unspecified atom stereocenters. The van der Waals surface area contributed by atoms with Crippen LogP contribution in [0.15, 0.2) is 30.4 Å². The summed E-state index contributed by atoms with van der Waals surface area (Å²) < 4.78 is 12.1. The van der Waals surface area contributed by atoms with Crippen LogP contribution in [0, 0.1) is 0 Å². The molecule has 2 heterocycles. The summed E-state index contributed by atoms with van der Waals surface area (Å²) in [4.78, 5) is 13.3. The Morgan fingerprint density at radius 2 is 2.28 bits per heavy atom. The van der Waals surface area contributed by atoms with E-state index in [2.05, 4.69) is 5.10 Å². The molecule has 0 spiro atoms. The van der Waals surface area contributed by atoms with Crippen LogP contribution in [-0.4, -0.2) is 34.3 Å². The predicted molar refractivity (Wildman–Crippen MR) is 64.7 cm³/mol. The van der Waals surface area contributed by atoms with Crippen LogP contribution >= 0.6 is 0 Å². The summed E-state index contributed by atoms with van der Waals surface area (Å²) in [6, 6.07) is 1.84. The van der Waals surface area contributed by atoms with E-state index in [0.29, 0.717) is 18.1 Å². The van der Waals surface area contributed by atoms with E-state index >= 15 is 0 Å². The van der Waals surface area contributed by atoms with Crippen LogP contribution in [0.5, 0.6) is 0 Å². The third kappa shape index (κ3) is 2.22. The lowest BCUT2D eigenvalue weighted by molar-refractivity contribution is -0.140. The molecule has 96 valence electrons. The molecule has 1 aromatic rings. The molecule has 1 aliphatic rings. The number of nitrogens with zero attached hydrogens (tertiary/aromatic N) is 3. The fourth-order valence-electron chi connectivity index (χ4n) is 1.62. The second-order valence-electron chi connectivity index (χ2n) is 3.79. The largest absolute Gasteiger partial charge is 0.461 e. The molecule has 1 aromatic heterocycles. The fraction of sp³-hybridized carbons (Fsp3) is 0.333. The maximum Gasteiger partial charge on any atom is 0.358 e. The van der Waals surface area contributed by atoms with Gasteiger partial charge in [-0.15, -0.1) is 0 Å². The number of likely N-dealkylation sites (N-methyl/N-ethyl adjacent to an activating group) is 1. The van der Waals surface area contributed by atoms with Gasteiger partial charge in [-0.05, 0) is 13.0 Å². The SMILES string of the molecule is CCOC(=O)C1=COC(c2ccnn2C)=CN1C. The number of aromatic nitrogens is 2. The first-order valence-corrected chi connectivity index (χ1v) is 5.60. The summed E-state index contributed by atoms with van der Waals surface area (Å²) in [6.45, 7) is 2.10. The van der Waals surface area contributed by atoms with Crippen molar-refractivity contribution >= 4 is 11.7 Å². The van der Waals surface area contributed by atoms with E-state index < -0.39 is 5.97 Å². The average molecular weight is 249 g/mol. The molecule has 18 heavy (non-hydrogen) atoms. The Hall–Kier alpha value is -2.24. The summed E-state index contributed by atoms with van der Waals surface area (Å²) in [7, 11) is 3.59. The van der Waals surface area contributed by atoms with E-state index in [1.807, 2.05) is 13.1 Å². The quantitative estimate of drug-likeness (QED) is 0.750. The highest BCUT2D eigenvalue weighted by Crippen LogP contribution is 2.23. The van der Waals surface area contributed by atoms with Gasteiger partial charge in [0.05, 0.1) is 6.61 Å². The zero-order valence-corrected chi connectivity index (χ0v) is 10.6. The van der Waals surface area contributed by atoms with E-state index in [1.165, 1.54) is 6.26 Å². The molecule has 0 aromatic carbocycles. The number of aryl methyl sites for hydroxylation is 1. The van der Waals surface area contributed by atoms with E-state index in [1.54, 1.807) is 35.9 Å². The van der Waals surface area contributed by atoms with Crippen LogP contribution in [0.3, 0.4) is 0 Å². The fourth-order valence-corrected chi connectivity index (χ4v) is 1.62. The zero-order valence-electron chi connectivity index (χ0n) is 10.6. The van der Waals surface area contributed by atoms with Gasteiger partial charge in [-0.3, -0.25) is 4.68 Å². The first-order valence-electron chi connectivity index (χ1n) is 5.60. The number of esters is 1. The average Bonchev–Trinajstić information content (AvgIpc) is 2.75. The van der Waals surface area contributed by atoms with Gasteiger partial charge in [0.2, 0.25) is 0 Å². The Bertz CT molecular complexity index is 516. The number of rotatable bonds is 3. The van der Waals surface area contributed by atoms with Crippen molar-refractivity contribution in [2.75, 3.05) is 13.7 Å². The molecule has 1 aliphatic heterocycles. The normalized spacial score (nSPS) is 14.7. The second kappa shape index (κ2) is 4.95. The van der Waals surface area contributed by atoms with Crippen molar-refractivity contribution in [1.82, 2.24) is 14.7 Å². The summed E-state index contributed by atoms with van der Waals surface area (Å²) in [5.74, 6) is 0.228. The Morgan fingerprint density at radius 3 is 2.83 bits per heavy atom. The van der Waals surface area contributed by atoms with Crippen molar-refractivity contribution in [2.24, 2.45) is 7.05 Å². The molecule has 6 nitrogen and oxygen atoms in total. The minimum atomic E-state index is -0.402. The van der Waals surface area contributed by atoms with Crippen LogP contribution in [0.1, 0.15) is 12.6 Å². The Morgan fingerprint density at radius 1 is 1.50 bits per heavy atom. The number of hydrogen-bond donors (Lipinski definition) is 0. The highest BCUT2D eigenvalue weighted by molar-refractivity contribution is 5.88. The van der Waals surface area contributed by atoms with Crippen molar-refractivity contribution < 1.29 is 14.3 Å². The van der Waals surface area contributed by atoms with Crippen LogP contribution in [0.4, 0.5) is 0 Å². The molecule has 0 atom stereocenters. The Balaban J connectivity index is 2.17. The standard InChI is InChI=1S/C12H15N3O3/c1-4-17-12(16)10-8-18-11(7-14(10)2)9-5-6-13-15(9)3/h5-8H,4H2,1-3H3.